The molecule has 8 heteroatoms. The molecule has 0 spiro atoms. The Bertz CT molecular complexity index is 697. The molecule has 2 aliphatic heterocycles. The maximum absolute atomic E-state index is 13.0. The van der Waals surface area contributed by atoms with Gasteiger partial charge in [-0.05, 0) is 31.4 Å². The molecule has 2 N–H and O–H groups in total. The molecule has 2 aliphatic rings. The second kappa shape index (κ2) is 6.95. The van der Waals surface area contributed by atoms with Crippen LogP contribution in [0.25, 0.3) is 0 Å². The monoisotopic (exact) mass is 403 g/mol. The fourth-order valence-corrected chi connectivity index (χ4v) is 4.42. The van der Waals surface area contributed by atoms with E-state index in [1.807, 2.05) is 17.9 Å². The van der Waals surface area contributed by atoms with Crippen molar-refractivity contribution < 1.29 is 9.59 Å². The van der Waals surface area contributed by atoms with E-state index in [2.05, 4.69) is 4.90 Å². The molecule has 136 valence electrons. The minimum absolute atomic E-state index is 0.0773. The van der Waals surface area contributed by atoms with E-state index in [4.69, 9.17) is 40.5 Å². The van der Waals surface area contributed by atoms with Crippen LogP contribution >= 0.6 is 34.8 Å². The van der Waals surface area contributed by atoms with Crippen LogP contribution in [0.2, 0.25) is 0 Å². The number of benzene rings is 1. The fraction of sp³-hybridized carbons (Fsp3) is 0.529. The number of nitrogens with zero attached hydrogens (tertiary/aromatic N) is 2. The molecule has 2 amide bonds. The molecule has 0 radical (unpaired) electrons. The molecule has 1 aromatic rings. The highest BCUT2D eigenvalue weighted by molar-refractivity contribution is 6.67. The number of carbonyl (C=O) groups is 2. The number of carbonyl (C=O) groups excluding carboxylic acids is 2. The Hall–Kier alpha value is -1.01. The number of piperidine rings is 1. The zero-order valence-corrected chi connectivity index (χ0v) is 16.1. The summed E-state index contributed by atoms with van der Waals surface area (Å²) >= 11 is 17.6. The number of likely N-dealkylation sites (tertiary alicyclic amines) is 1. The van der Waals surface area contributed by atoms with E-state index in [9.17, 15) is 9.59 Å². The molecule has 25 heavy (non-hydrogen) atoms. The summed E-state index contributed by atoms with van der Waals surface area (Å²) in [5.41, 5.74) is 7.05. The topological polar surface area (TPSA) is 66.6 Å². The first kappa shape index (κ1) is 18.8. The molecule has 5 nitrogen and oxygen atoms in total. The summed E-state index contributed by atoms with van der Waals surface area (Å²) in [6.45, 7) is 3.88. The van der Waals surface area contributed by atoms with Gasteiger partial charge in [0.1, 0.15) is 0 Å². The Morgan fingerprint density at radius 2 is 1.92 bits per heavy atom. The van der Waals surface area contributed by atoms with Crippen LogP contribution in [0.5, 0.6) is 0 Å². The Kier molecular flexibility index (Phi) is 5.22. The van der Waals surface area contributed by atoms with E-state index < -0.39 is 9.70 Å². The Balaban J connectivity index is 1.76. The van der Waals surface area contributed by atoms with Gasteiger partial charge in [-0.1, -0.05) is 46.9 Å². The summed E-state index contributed by atoms with van der Waals surface area (Å²) < 4.78 is -1.30. The lowest BCUT2D eigenvalue weighted by molar-refractivity contribution is 0.0520. The molecule has 0 saturated carbocycles. The van der Waals surface area contributed by atoms with Gasteiger partial charge in [0.15, 0.2) is 0 Å². The summed E-state index contributed by atoms with van der Waals surface area (Å²) in [6, 6.07) is 5.30. The second-order valence-electron chi connectivity index (χ2n) is 6.64. The predicted molar refractivity (Wildman–Crippen MR) is 99.3 cm³/mol. The average Bonchev–Trinajstić information content (AvgIpc) is 2.78. The van der Waals surface area contributed by atoms with Crippen LogP contribution in [0.4, 0.5) is 0 Å². The molecule has 0 aliphatic carbocycles. The lowest BCUT2D eigenvalue weighted by Gasteiger charge is -2.39. The van der Waals surface area contributed by atoms with Crippen molar-refractivity contribution in [2.75, 3.05) is 19.6 Å². The number of hydrogen-bond donors (Lipinski definition) is 1. The van der Waals surface area contributed by atoms with E-state index in [0.29, 0.717) is 17.7 Å². The van der Waals surface area contributed by atoms with Crippen LogP contribution < -0.4 is 5.73 Å². The molecule has 1 fully saturated rings. The minimum Gasteiger partial charge on any atom is -0.366 e. The van der Waals surface area contributed by atoms with Gasteiger partial charge in [0.2, 0.25) is 9.70 Å². The lowest BCUT2D eigenvalue weighted by Crippen LogP contribution is -2.47. The number of halogens is 3. The van der Waals surface area contributed by atoms with Crippen molar-refractivity contribution >= 4 is 46.6 Å². The van der Waals surface area contributed by atoms with E-state index in [1.54, 1.807) is 12.1 Å². The van der Waals surface area contributed by atoms with Crippen LogP contribution in [0.15, 0.2) is 18.2 Å². The summed E-state index contributed by atoms with van der Waals surface area (Å²) in [6.07, 6.45) is 1.60. The van der Waals surface area contributed by atoms with Crippen molar-refractivity contribution in [2.24, 2.45) is 5.73 Å². The maximum atomic E-state index is 13.0. The number of nitrogens with two attached hydrogens (primary N) is 1. The van der Waals surface area contributed by atoms with Crippen LogP contribution in [0, 0.1) is 0 Å². The van der Waals surface area contributed by atoms with Crippen molar-refractivity contribution in [1.29, 1.82) is 0 Å². The molecule has 0 bridgehead atoms. The third kappa shape index (κ3) is 3.75. The molecule has 1 unspecified atom stereocenters. The molecule has 0 aromatic heterocycles. The number of amides is 2. The lowest BCUT2D eigenvalue weighted by atomic mass is 9.99. The van der Waals surface area contributed by atoms with Gasteiger partial charge < -0.3 is 10.6 Å². The summed E-state index contributed by atoms with van der Waals surface area (Å²) in [5, 5.41) is 0. The molecule has 1 atom stereocenters. The van der Waals surface area contributed by atoms with Crippen molar-refractivity contribution in [1.82, 2.24) is 9.80 Å². The summed E-state index contributed by atoms with van der Waals surface area (Å²) in [5.74, 6) is -0.687. The second-order valence-corrected chi connectivity index (χ2v) is 9.16. The number of rotatable bonds is 3. The quantitative estimate of drug-likeness (QED) is 0.787. The first-order valence-electron chi connectivity index (χ1n) is 8.23. The Labute approximate surface area is 162 Å². The van der Waals surface area contributed by atoms with Crippen molar-refractivity contribution in [3.63, 3.8) is 0 Å². The normalized spacial score (nSPS) is 22.3. The zero-order chi connectivity index (χ0) is 18.4. The molecule has 1 saturated heterocycles. The highest BCUT2D eigenvalue weighted by Crippen LogP contribution is 2.39. The first-order chi connectivity index (χ1) is 11.7. The van der Waals surface area contributed by atoms with Gasteiger partial charge in [-0.25, -0.2) is 0 Å². The molecule has 3 rings (SSSR count). The van der Waals surface area contributed by atoms with Crippen molar-refractivity contribution in [3.8, 4) is 0 Å². The number of alkyl halides is 3. The smallest absolute Gasteiger partial charge is 0.255 e. The van der Waals surface area contributed by atoms with E-state index in [1.165, 1.54) is 0 Å². The van der Waals surface area contributed by atoms with Gasteiger partial charge in [-0.15, -0.1) is 0 Å². The largest absolute Gasteiger partial charge is 0.366 e. The number of hydrogen-bond acceptors (Lipinski definition) is 3. The van der Waals surface area contributed by atoms with Crippen LogP contribution in [0.3, 0.4) is 0 Å². The fourth-order valence-electron chi connectivity index (χ4n) is 3.91. The maximum Gasteiger partial charge on any atom is 0.255 e. The standard InChI is InChI=1S/C17H20Cl3N3O2/c1-10-12-3-2-4-13(15(21)24)14(12)16(25)23(10)11-5-7-22(8-6-11)9-17(18,19)20/h2-4,10-11H,5-9H2,1H3,(H2,21,24). The van der Waals surface area contributed by atoms with Gasteiger partial charge in [-0.3, -0.25) is 14.5 Å². The van der Waals surface area contributed by atoms with Gasteiger partial charge in [0.25, 0.3) is 5.91 Å². The number of primary amides is 1. The molecule has 2 heterocycles. The number of fused-ring (bicyclic) bond motifs is 1. The highest BCUT2D eigenvalue weighted by Gasteiger charge is 2.41. The third-order valence-corrected chi connectivity index (χ3v) is 5.39. The predicted octanol–water partition coefficient (Wildman–Crippen LogP) is 3.14. The van der Waals surface area contributed by atoms with Crippen molar-refractivity contribution in [2.45, 2.75) is 35.6 Å². The average molecular weight is 405 g/mol. The van der Waals surface area contributed by atoms with E-state index >= 15 is 0 Å². The zero-order valence-electron chi connectivity index (χ0n) is 13.8. The van der Waals surface area contributed by atoms with Crippen LogP contribution in [-0.2, 0) is 0 Å². The van der Waals surface area contributed by atoms with Crippen LogP contribution in [0.1, 0.15) is 52.1 Å². The molecular formula is C17H20Cl3N3O2. The first-order valence-corrected chi connectivity index (χ1v) is 9.37. The van der Waals surface area contributed by atoms with Crippen LogP contribution in [-0.4, -0.2) is 51.1 Å². The Morgan fingerprint density at radius 3 is 2.48 bits per heavy atom. The molecule has 1 aromatic carbocycles. The third-order valence-electron chi connectivity index (χ3n) is 5.03. The van der Waals surface area contributed by atoms with Gasteiger partial charge in [-0.2, -0.15) is 0 Å². The Morgan fingerprint density at radius 1 is 1.28 bits per heavy atom. The SMILES string of the molecule is CC1c2cccc(C(N)=O)c2C(=O)N1C1CCN(CC(Cl)(Cl)Cl)CC1. The minimum atomic E-state index is -1.30. The van der Waals surface area contributed by atoms with Gasteiger partial charge >= 0.3 is 0 Å². The van der Waals surface area contributed by atoms with E-state index in [-0.39, 0.29) is 18.0 Å². The molecular weight excluding hydrogens is 385 g/mol. The summed E-state index contributed by atoms with van der Waals surface area (Å²) in [4.78, 5) is 28.6. The van der Waals surface area contributed by atoms with Gasteiger partial charge in [0, 0.05) is 25.7 Å². The highest BCUT2D eigenvalue weighted by atomic mass is 35.6. The van der Waals surface area contributed by atoms with Gasteiger partial charge in [0.05, 0.1) is 17.2 Å². The summed E-state index contributed by atoms with van der Waals surface area (Å²) in [7, 11) is 0. The van der Waals surface area contributed by atoms with Crippen molar-refractivity contribution in [3.05, 3.63) is 34.9 Å². The van der Waals surface area contributed by atoms with E-state index in [0.717, 1.165) is 31.5 Å².